The zero-order valence-electron chi connectivity index (χ0n) is 18.4. The van der Waals surface area contributed by atoms with Crippen LogP contribution in [0.2, 0.25) is 0 Å². The third-order valence-electron chi connectivity index (χ3n) is 5.03. The fourth-order valence-corrected chi connectivity index (χ4v) is 3.22. The quantitative estimate of drug-likeness (QED) is 0.222. The fourth-order valence-electron chi connectivity index (χ4n) is 3.22. The second kappa shape index (κ2) is 12.2. The van der Waals surface area contributed by atoms with Crippen molar-refractivity contribution >= 4 is 6.16 Å². The molecule has 1 aromatic heterocycles. The number of nitrogens with zero attached hydrogens (tertiary/aromatic N) is 2. The molecule has 0 unspecified atom stereocenters. The maximum absolute atomic E-state index is 11.8. The van der Waals surface area contributed by atoms with Crippen LogP contribution in [0.3, 0.4) is 0 Å². The fraction of sp³-hybridized carbons (Fsp3) is 0.542. The van der Waals surface area contributed by atoms with Crippen molar-refractivity contribution in [1.29, 1.82) is 0 Å². The van der Waals surface area contributed by atoms with Crippen LogP contribution < -0.4 is 9.47 Å². The summed E-state index contributed by atoms with van der Waals surface area (Å²) in [6, 6.07) is 7.66. The molecule has 1 saturated heterocycles. The second-order valence-corrected chi connectivity index (χ2v) is 7.68. The van der Waals surface area contributed by atoms with E-state index in [1.54, 1.807) is 0 Å². The molecule has 1 fully saturated rings. The van der Waals surface area contributed by atoms with Crippen molar-refractivity contribution in [2.24, 2.45) is 0 Å². The monoisotopic (exact) mass is 428 g/mol. The van der Waals surface area contributed by atoms with Crippen LogP contribution >= 0.6 is 0 Å². The van der Waals surface area contributed by atoms with Crippen LogP contribution in [0, 0.1) is 0 Å². The van der Waals surface area contributed by atoms with Gasteiger partial charge in [-0.15, -0.1) is 0 Å². The average Bonchev–Trinajstić information content (AvgIpc) is 3.51. The zero-order valence-corrected chi connectivity index (χ0v) is 18.4. The van der Waals surface area contributed by atoms with Gasteiger partial charge in [0.15, 0.2) is 11.6 Å². The number of rotatable bonds is 13. The molecule has 0 bridgehead atoms. The van der Waals surface area contributed by atoms with E-state index in [9.17, 15) is 4.79 Å². The summed E-state index contributed by atoms with van der Waals surface area (Å²) in [4.78, 5) is 20.3. The molecule has 2 atom stereocenters. The van der Waals surface area contributed by atoms with E-state index in [0.29, 0.717) is 5.82 Å². The van der Waals surface area contributed by atoms with E-state index >= 15 is 0 Å². The molecule has 2 aromatic rings. The van der Waals surface area contributed by atoms with E-state index in [-0.39, 0.29) is 11.9 Å². The van der Waals surface area contributed by atoms with Crippen LogP contribution in [-0.4, -0.2) is 35.1 Å². The van der Waals surface area contributed by atoms with Gasteiger partial charge in [0, 0.05) is 5.56 Å². The summed E-state index contributed by atoms with van der Waals surface area (Å²) in [6.07, 6.45) is 10.8. The molecule has 0 saturated carbocycles. The Labute approximate surface area is 184 Å². The Morgan fingerprint density at radius 2 is 1.65 bits per heavy atom. The number of carbonyl (C=O) groups excluding carboxylic acids is 1. The molecule has 0 spiro atoms. The molecule has 31 heavy (non-hydrogen) atoms. The molecule has 3 rings (SSSR count). The first-order valence-electron chi connectivity index (χ1n) is 11.3. The maximum Gasteiger partial charge on any atom is 0.516 e. The lowest BCUT2D eigenvalue weighted by molar-refractivity contribution is 0.0560. The summed E-state index contributed by atoms with van der Waals surface area (Å²) in [7, 11) is 0. The van der Waals surface area contributed by atoms with Crippen molar-refractivity contribution in [2.75, 3.05) is 6.61 Å². The predicted molar refractivity (Wildman–Crippen MR) is 117 cm³/mol. The molecule has 1 aliphatic rings. The van der Waals surface area contributed by atoms with Crippen LogP contribution in [0.25, 0.3) is 11.4 Å². The molecule has 168 valence electrons. The lowest BCUT2D eigenvalue weighted by Gasteiger charge is -2.07. The third kappa shape index (κ3) is 7.83. The first kappa shape index (κ1) is 23.0. The van der Waals surface area contributed by atoms with Crippen molar-refractivity contribution in [3.63, 3.8) is 0 Å². The molecule has 2 heterocycles. The standard InChI is InChI=1S/C24H32N2O5/c1-3-5-6-7-8-9-15-28-19-13-11-18(12-14-19)22-25-16-20(17-26-22)29-24(27)31-23-21(30-23)10-4-2/h11-14,16-17,21,23H,3-10,15H2,1-2H3/t21-,23-/m1/s1. The van der Waals surface area contributed by atoms with Gasteiger partial charge in [0.25, 0.3) is 0 Å². The molecule has 1 aliphatic heterocycles. The summed E-state index contributed by atoms with van der Waals surface area (Å²) in [5.74, 6) is 1.60. The molecular formula is C24H32N2O5. The van der Waals surface area contributed by atoms with Gasteiger partial charge in [-0.1, -0.05) is 52.4 Å². The molecule has 1 aromatic carbocycles. The van der Waals surface area contributed by atoms with E-state index in [4.69, 9.17) is 18.9 Å². The molecular weight excluding hydrogens is 396 g/mol. The van der Waals surface area contributed by atoms with E-state index < -0.39 is 12.4 Å². The van der Waals surface area contributed by atoms with E-state index in [0.717, 1.165) is 37.2 Å². The smallest absolute Gasteiger partial charge is 0.494 e. The Balaban J connectivity index is 1.39. The van der Waals surface area contributed by atoms with Gasteiger partial charge in [0.2, 0.25) is 6.29 Å². The van der Waals surface area contributed by atoms with Crippen LogP contribution in [0.15, 0.2) is 36.7 Å². The Hall–Kier alpha value is -2.67. The van der Waals surface area contributed by atoms with Gasteiger partial charge in [-0.2, -0.15) is 0 Å². The Morgan fingerprint density at radius 3 is 2.35 bits per heavy atom. The highest BCUT2D eigenvalue weighted by Crippen LogP contribution is 2.28. The predicted octanol–water partition coefficient (Wildman–Crippen LogP) is 5.92. The Morgan fingerprint density at radius 1 is 0.935 bits per heavy atom. The summed E-state index contributed by atoms with van der Waals surface area (Å²) in [5.41, 5.74) is 0.856. The first-order valence-corrected chi connectivity index (χ1v) is 11.3. The zero-order chi connectivity index (χ0) is 21.9. The average molecular weight is 429 g/mol. The van der Waals surface area contributed by atoms with Crippen LogP contribution in [0.4, 0.5) is 4.79 Å². The highest BCUT2D eigenvalue weighted by atomic mass is 16.8. The first-order chi connectivity index (χ1) is 15.2. The van der Waals surface area contributed by atoms with Crippen molar-refractivity contribution < 1.29 is 23.7 Å². The lowest BCUT2D eigenvalue weighted by atomic mass is 10.1. The Bertz CT molecular complexity index is 795. The molecule has 0 aliphatic carbocycles. The normalized spacial score (nSPS) is 17.2. The van der Waals surface area contributed by atoms with Gasteiger partial charge in [-0.3, -0.25) is 0 Å². The van der Waals surface area contributed by atoms with Gasteiger partial charge in [0.05, 0.1) is 19.0 Å². The van der Waals surface area contributed by atoms with Crippen molar-refractivity contribution in [1.82, 2.24) is 9.97 Å². The van der Waals surface area contributed by atoms with Crippen molar-refractivity contribution in [3.8, 4) is 22.9 Å². The maximum atomic E-state index is 11.8. The minimum absolute atomic E-state index is 0.0195. The molecule has 0 radical (unpaired) electrons. The van der Waals surface area contributed by atoms with E-state index in [1.807, 2.05) is 31.2 Å². The number of epoxide rings is 1. The molecule has 7 nitrogen and oxygen atoms in total. The number of hydrogen-bond acceptors (Lipinski definition) is 7. The van der Waals surface area contributed by atoms with Gasteiger partial charge in [-0.25, -0.2) is 14.8 Å². The highest BCUT2D eigenvalue weighted by Gasteiger charge is 2.42. The minimum Gasteiger partial charge on any atom is -0.494 e. The van der Waals surface area contributed by atoms with Gasteiger partial charge in [-0.05, 0) is 37.1 Å². The molecule has 7 heteroatoms. The number of aromatic nitrogens is 2. The van der Waals surface area contributed by atoms with Gasteiger partial charge >= 0.3 is 6.16 Å². The molecule has 0 N–H and O–H groups in total. The van der Waals surface area contributed by atoms with Crippen molar-refractivity contribution in [3.05, 3.63) is 36.7 Å². The number of carbonyl (C=O) groups is 1. The van der Waals surface area contributed by atoms with Crippen LogP contribution in [0.1, 0.15) is 65.2 Å². The minimum atomic E-state index is -0.813. The second-order valence-electron chi connectivity index (χ2n) is 7.68. The van der Waals surface area contributed by atoms with Gasteiger partial charge in [0.1, 0.15) is 11.9 Å². The summed E-state index contributed by atoms with van der Waals surface area (Å²) < 4.78 is 21.2. The number of ether oxygens (including phenoxy) is 4. The summed E-state index contributed by atoms with van der Waals surface area (Å²) in [5, 5.41) is 0. The number of benzene rings is 1. The molecule has 0 amide bonds. The van der Waals surface area contributed by atoms with Crippen LogP contribution in [-0.2, 0) is 9.47 Å². The highest BCUT2D eigenvalue weighted by molar-refractivity contribution is 5.64. The SMILES string of the molecule is CCCCCCCCOc1ccc(-c2ncc(OC(=O)O[C@H]3O[C@@H]3CCC)cn2)cc1. The number of hydrogen-bond donors (Lipinski definition) is 0. The van der Waals surface area contributed by atoms with E-state index in [2.05, 4.69) is 16.9 Å². The largest absolute Gasteiger partial charge is 0.516 e. The summed E-state index contributed by atoms with van der Waals surface area (Å²) >= 11 is 0. The lowest BCUT2D eigenvalue weighted by Crippen LogP contribution is -2.14. The Kier molecular flexibility index (Phi) is 9.09. The summed E-state index contributed by atoms with van der Waals surface area (Å²) in [6.45, 7) is 5.01. The van der Waals surface area contributed by atoms with Crippen molar-refractivity contribution in [2.45, 2.75) is 77.6 Å². The third-order valence-corrected chi connectivity index (χ3v) is 5.03. The van der Waals surface area contributed by atoms with Crippen LogP contribution in [0.5, 0.6) is 11.5 Å². The number of unbranched alkanes of at least 4 members (excludes halogenated alkanes) is 5. The van der Waals surface area contributed by atoms with E-state index in [1.165, 1.54) is 44.5 Å². The topological polar surface area (TPSA) is 83.1 Å². The van der Waals surface area contributed by atoms with Gasteiger partial charge < -0.3 is 18.9 Å².